The van der Waals surface area contributed by atoms with Gasteiger partial charge in [0.05, 0.1) is 17.4 Å². The van der Waals surface area contributed by atoms with E-state index in [1.807, 2.05) is 13.2 Å². The fourth-order valence-electron chi connectivity index (χ4n) is 1.35. The van der Waals surface area contributed by atoms with Gasteiger partial charge in [-0.1, -0.05) is 0 Å². The van der Waals surface area contributed by atoms with E-state index in [9.17, 15) is 4.79 Å². The maximum Gasteiger partial charge on any atom is 0.335 e. The van der Waals surface area contributed by atoms with E-state index in [-0.39, 0.29) is 5.56 Å². The van der Waals surface area contributed by atoms with Crippen LogP contribution in [0.15, 0.2) is 36.7 Å². The minimum absolute atomic E-state index is 0.275. The molecule has 0 fully saturated rings. The molecule has 5 nitrogen and oxygen atoms in total. The van der Waals surface area contributed by atoms with Gasteiger partial charge in [-0.15, -0.1) is 0 Å². The molecule has 1 heterocycles. The van der Waals surface area contributed by atoms with E-state index in [0.29, 0.717) is 0 Å². The number of rotatable bonds is 3. The van der Waals surface area contributed by atoms with Crippen LogP contribution in [0.25, 0.3) is 0 Å². The molecule has 0 amide bonds. The first-order valence-electron chi connectivity index (χ1n) is 4.74. The van der Waals surface area contributed by atoms with Crippen molar-refractivity contribution in [1.29, 1.82) is 0 Å². The summed E-state index contributed by atoms with van der Waals surface area (Å²) >= 11 is 0. The minimum Gasteiger partial charge on any atom is -0.478 e. The lowest BCUT2D eigenvalue weighted by Crippen LogP contribution is -1.96. The summed E-state index contributed by atoms with van der Waals surface area (Å²) in [6.45, 7) is 0. The molecule has 0 radical (unpaired) electrons. The van der Waals surface area contributed by atoms with Crippen LogP contribution < -0.4 is 5.32 Å². The predicted molar refractivity (Wildman–Crippen MR) is 59.9 cm³/mol. The van der Waals surface area contributed by atoms with Crippen molar-refractivity contribution in [1.82, 2.24) is 9.78 Å². The molecule has 1 aromatic heterocycles. The number of aromatic nitrogens is 2. The van der Waals surface area contributed by atoms with Gasteiger partial charge >= 0.3 is 5.97 Å². The smallest absolute Gasteiger partial charge is 0.335 e. The van der Waals surface area contributed by atoms with Gasteiger partial charge in [0.25, 0.3) is 0 Å². The molecule has 2 aromatic rings. The highest BCUT2D eigenvalue weighted by molar-refractivity contribution is 5.88. The lowest BCUT2D eigenvalue weighted by molar-refractivity contribution is 0.0697. The Balaban J connectivity index is 2.14. The van der Waals surface area contributed by atoms with Gasteiger partial charge in [-0.25, -0.2) is 4.79 Å². The van der Waals surface area contributed by atoms with Crippen LogP contribution in [0.4, 0.5) is 11.4 Å². The minimum atomic E-state index is -0.923. The van der Waals surface area contributed by atoms with Crippen LogP contribution in [0.3, 0.4) is 0 Å². The lowest BCUT2D eigenvalue weighted by Gasteiger charge is -2.03. The van der Waals surface area contributed by atoms with Crippen molar-refractivity contribution in [3.05, 3.63) is 42.2 Å². The molecule has 0 aliphatic rings. The Kier molecular flexibility index (Phi) is 2.59. The second kappa shape index (κ2) is 4.06. The quantitative estimate of drug-likeness (QED) is 0.823. The molecule has 5 heteroatoms. The summed E-state index contributed by atoms with van der Waals surface area (Å²) in [7, 11) is 1.83. The standard InChI is InChI=1S/C11H11N3O2/c1-14-7-10(6-12-14)13-9-4-2-8(3-5-9)11(15)16/h2-7,13H,1H3,(H,15,16). The summed E-state index contributed by atoms with van der Waals surface area (Å²) in [4.78, 5) is 10.6. The van der Waals surface area contributed by atoms with Crippen LogP contribution in [-0.2, 0) is 7.05 Å². The molecule has 0 spiro atoms. The van der Waals surface area contributed by atoms with Gasteiger partial charge in [0.2, 0.25) is 0 Å². The molecule has 0 aliphatic heterocycles. The Morgan fingerprint density at radius 1 is 1.31 bits per heavy atom. The molecule has 0 unspecified atom stereocenters. The Hall–Kier alpha value is -2.30. The average molecular weight is 217 g/mol. The van der Waals surface area contributed by atoms with Crippen molar-refractivity contribution in [2.75, 3.05) is 5.32 Å². The number of hydrogen-bond acceptors (Lipinski definition) is 3. The monoisotopic (exact) mass is 217 g/mol. The number of carbonyl (C=O) groups is 1. The SMILES string of the molecule is Cn1cc(Nc2ccc(C(=O)O)cc2)cn1. The maximum atomic E-state index is 10.6. The van der Waals surface area contributed by atoms with E-state index in [2.05, 4.69) is 10.4 Å². The predicted octanol–water partition coefficient (Wildman–Crippen LogP) is 1.86. The Labute approximate surface area is 92.3 Å². The van der Waals surface area contributed by atoms with Gasteiger partial charge in [-0.2, -0.15) is 5.10 Å². The number of anilines is 2. The van der Waals surface area contributed by atoms with Crippen LogP contribution in [0, 0.1) is 0 Å². The number of nitrogens with one attached hydrogen (secondary N) is 1. The third-order valence-corrected chi connectivity index (χ3v) is 2.13. The molecule has 0 saturated heterocycles. The summed E-state index contributed by atoms with van der Waals surface area (Å²) in [5.74, 6) is -0.923. The Morgan fingerprint density at radius 3 is 2.50 bits per heavy atom. The molecule has 0 aliphatic carbocycles. The fourth-order valence-corrected chi connectivity index (χ4v) is 1.35. The summed E-state index contributed by atoms with van der Waals surface area (Å²) in [6.07, 6.45) is 3.54. The summed E-state index contributed by atoms with van der Waals surface area (Å²) in [6, 6.07) is 6.55. The number of nitrogens with zero attached hydrogens (tertiary/aromatic N) is 2. The normalized spacial score (nSPS) is 10.1. The molecule has 0 atom stereocenters. The van der Waals surface area contributed by atoms with Gasteiger partial charge in [0.1, 0.15) is 0 Å². The first-order valence-corrected chi connectivity index (χ1v) is 4.74. The number of aryl methyl sites for hydroxylation is 1. The first kappa shape index (κ1) is 10.2. The second-order valence-electron chi connectivity index (χ2n) is 3.41. The fraction of sp³-hybridized carbons (Fsp3) is 0.0909. The van der Waals surface area contributed by atoms with E-state index in [1.165, 1.54) is 0 Å². The summed E-state index contributed by atoms with van der Waals surface area (Å²) in [5.41, 5.74) is 1.97. The third-order valence-electron chi connectivity index (χ3n) is 2.13. The van der Waals surface area contributed by atoms with Crippen molar-refractivity contribution in [2.24, 2.45) is 7.05 Å². The third kappa shape index (κ3) is 2.20. The zero-order valence-corrected chi connectivity index (χ0v) is 8.71. The van der Waals surface area contributed by atoms with E-state index >= 15 is 0 Å². The number of carboxylic acids is 1. The van der Waals surface area contributed by atoms with E-state index < -0.39 is 5.97 Å². The van der Waals surface area contributed by atoms with Gasteiger partial charge in [-0.3, -0.25) is 4.68 Å². The maximum absolute atomic E-state index is 10.6. The van der Waals surface area contributed by atoms with Gasteiger partial charge in [-0.05, 0) is 24.3 Å². The van der Waals surface area contributed by atoms with Crippen LogP contribution >= 0.6 is 0 Å². The zero-order valence-electron chi connectivity index (χ0n) is 8.71. The highest BCUT2D eigenvalue weighted by atomic mass is 16.4. The van der Waals surface area contributed by atoms with Crippen molar-refractivity contribution in [3.63, 3.8) is 0 Å². The van der Waals surface area contributed by atoms with E-state index in [0.717, 1.165) is 11.4 Å². The molecule has 82 valence electrons. The van der Waals surface area contributed by atoms with Crippen molar-refractivity contribution in [3.8, 4) is 0 Å². The topological polar surface area (TPSA) is 67.2 Å². The van der Waals surface area contributed by atoms with Crippen LogP contribution in [-0.4, -0.2) is 20.9 Å². The van der Waals surface area contributed by atoms with Crippen LogP contribution in [0.5, 0.6) is 0 Å². The van der Waals surface area contributed by atoms with Crippen molar-refractivity contribution < 1.29 is 9.90 Å². The molecule has 0 bridgehead atoms. The average Bonchev–Trinajstić information content (AvgIpc) is 2.65. The molecule has 0 saturated carbocycles. The van der Waals surface area contributed by atoms with Gasteiger partial charge in [0, 0.05) is 18.9 Å². The van der Waals surface area contributed by atoms with E-state index in [4.69, 9.17) is 5.11 Å². The van der Waals surface area contributed by atoms with Crippen LogP contribution in [0.1, 0.15) is 10.4 Å². The highest BCUT2D eigenvalue weighted by Gasteiger charge is 2.02. The van der Waals surface area contributed by atoms with Gasteiger partial charge in [0.15, 0.2) is 0 Å². The Bertz CT molecular complexity index is 502. The second-order valence-corrected chi connectivity index (χ2v) is 3.41. The summed E-state index contributed by atoms with van der Waals surface area (Å²) < 4.78 is 1.69. The van der Waals surface area contributed by atoms with Gasteiger partial charge < -0.3 is 10.4 Å². The molecule has 2 N–H and O–H groups in total. The molecule has 1 aromatic carbocycles. The largest absolute Gasteiger partial charge is 0.478 e. The van der Waals surface area contributed by atoms with E-state index in [1.54, 1.807) is 35.1 Å². The molecular weight excluding hydrogens is 206 g/mol. The number of aromatic carboxylic acids is 1. The molecule has 2 rings (SSSR count). The number of carboxylic acid groups (broad SMARTS) is 1. The van der Waals surface area contributed by atoms with Crippen molar-refractivity contribution in [2.45, 2.75) is 0 Å². The highest BCUT2D eigenvalue weighted by Crippen LogP contribution is 2.15. The molecular formula is C11H11N3O2. The van der Waals surface area contributed by atoms with Crippen LogP contribution in [0.2, 0.25) is 0 Å². The lowest BCUT2D eigenvalue weighted by atomic mass is 10.2. The molecule has 16 heavy (non-hydrogen) atoms. The first-order chi connectivity index (χ1) is 7.65. The zero-order chi connectivity index (χ0) is 11.5. The van der Waals surface area contributed by atoms with Crippen molar-refractivity contribution >= 4 is 17.3 Å². The number of benzene rings is 1. The Morgan fingerprint density at radius 2 is 2.00 bits per heavy atom. The number of hydrogen-bond donors (Lipinski definition) is 2. The summed E-state index contributed by atoms with van der Waals surface area (Å²) in [5, 5.41) is 15.9.